The number of hydrogen-bond donors (Lipinski definition) is 1. The minimum Gasteiger partial charge on any atom is -0.494 e. The molecule has 0 aliphatic heterocycles. The fourth-order valence-corrected chi connectivity index (χ4v) is 4.30. The van der Waals surface area contributed by atoms with Gasteiger partial charge in [-0.3, -0.25) is 9.10 Å². The first-order valence-corrected chi connectivity index (χ1v) is 11.0. The molecule has 158 valence electrons. The Hall–Kier alpha value is -2.61. The van der Waals surface area contributed by atoms with E-state index in [9.17, 15) is 17.6 Å². The van der Waals surface area contributed by atoms with Gasteiger partial charge >= 0.3 is 0 Å². The van der Waals surface area contributed by atoms with Crippen molar-refractivity contribution in [1.82, 2.24) is 5.32 Å². The highest BCUT2D eigenvalue weighted by Gasteiger charge is 2.27. The Labute approximate surface area is 171 Å². The number of halogens is 1. The Morgan fingerprint density at radius 1 is 1.10 bits per heavy atom. The number of nitrogens with one attached hydrogen (secondary N) is 1. The molecular formula is C21H27FN2O4S. The van der Waals surface area contributed by atoms with Crippen LogP contribution in [0.15, 0.2) is 53.4 Å². The lowest BCUT2D eigenvalue weighted by Gasteiger charge is -2.25. The highest BCUT2D eigenvalue weighted by atomic mass is 32.2. The molecule has 0 aliphatic rings. The molecule has 0 unspecified atom stereocenters. The second-order valence-electron chi connectivity index (χ2n) is 6.65. The summed E-state index contributed by atoms with van der Waals surface area (Å²) in [7, 11) is -4.05. The van der Waals surface area contributed by atoms with Gasteiger partial charge in [0.2, 0.25) is 5.91 Å². The third-order valence-electron chi connectivity index (χ3n) is 4.25. The largest absolute Gasteiger partial charge is 0.494 e. The molecule has 2 aromatic rings. The molecule has 2 rings (SSSR count). The molecule has 0 bridgehead atoms. The third-order valence-corrected chi connectivity index (χ3v) is 6.04. The Morgan fingerprint density at radius 3 is 2.28 bits per heavy atom. The zero-order valence-corrected chi connectivity index (χ0v) is 17.7. The van der Waals surface area contributed by atoms with E-state index in [1.165, 1.54) is 24.3 Å². The molecule has 0 spiro atoms. The first-order valence-electron chi connectivity index (χ1n) is 9.58. The molecule has 0 aromatic heterocycles. The van der Waals surface area contributed by atoms with E-state index in [0.29, 0.717) is 12.4 Å². The monoisotopic (exact) mass is 422 g/mol. The fraction of sp³-hybridized carbons (Fsp3) is 0.381. The summed E-state index contributed by atoms with van der Waals surface area (Å²) in [6.45, 7) is 5.76. The van der Waals surface area contributed by atoms with E-state index >= 15 is 0 Å². The number of sulfonamides is 1. The van der Waals surface area contributed by atoms with Crippen molar-refractivity contribution in [2.24, 2.45) is 0 Å². The molecule has 0 aliphatic carbocycles. The highest BCUT2D eigenvalue weighted by Crippen LogP contribution is 2.25. The number of amides is 1. The summed E-state index contributed by atoms with van der Waals surface area (Å²) < 4.78 is 46.2. The van der Waals surface area contributed by atoms with Crippen LogP contribution in [0.3, 0.4) is 0 Å². The van der Waals surface area contributed by atoms with Gasteiger partial charge in [-0.1, -0.05) is 13.3 Å². The maximum absolute atomic E-state index is 13.3. The molecule has 6 nitrogen and oxygen atoms in total. The van der Waals surface area contributed by atoms with Gasteiger partial charge in [0, 0.05) is 6.04 Å². The van der Waals surface area contributed by atoms with Crippen LogP contribution >= 0.6 is 0 Å². The van der Waals surface area contributed by atoms with E-state index in [4.69, 9.17) is 4.74 Å². The average Bonchev–Trinajstić information content (AvgIpc) is 2.68. The number of hydrogen-bond acceptors (Lipinski definition) is 4. The highest BCUT2D eigenvalue weighted by molar-refractivity contribution is 7.92. The van der Waals surface area contributed by atoms with Gasteiger partial charge in [-0.25, -0.2) is 12.8 Å². The van der Waals surface area contributed by atoms with Gasteiger partial charge in [-0.05, 0) is 68.8 Å². The SMILES string of the molecule is CCC[C@@H](C)NC(=O)CN(c1ccc(F)cc1)S(=O)(=O)c1ccc(OCC)cc1. The average molecular weight is 423 g/mol. The van der Waals surface area contributed by atoms with E-state index in [2.05, 4.69) is 5.32 Å². The van der Waals surface area contributed by atoms with Crippen LogP contribution in [0.4, 0.5) is 10.1 Å². The van der Waals surface area contributed by atoms with Crippen LogP contribution in [0.2, 0.25) is 0 Å². The Kier molecular flexibility index (Phi) is 8.01. The molecule has 1 amide bonds. The van der Waals surface area contributed by atoms with Crippen molar-refractivity contribution in [2.45, 2.75) is 44.6 Å². The van der Waals surface area contributed by atoms with Crippen molar-refractivity contribution in [3.05, 3.63) is 54.3 Å². The van der Waals surface area contributed by atoms with Gasteiger partial charge in [-0.2, -0.15) is 0 Å². The number of rotatable bonds is 10. The number of nitrogens with zero attached hydrogens (tertiary/aromatic N) is 1. The van der Waals surface area contributed by atoms with Crippen molar-refractivity contribution in [3.8, 4) is 5.75 Å². The summed E-state index contributed by atoms with van der Waals surface area (Å²) in [5.74, 6) is -0.371. The van der Waals surface area contributed by atoms with Crippen LogP contribution < -0.4 is 14.4 Å². The number of ether oxygens (including phenoxy) is 1. The predicted octanol–water partition coefficient (Wildman–Crippen LogP) is 3.72. The van der Waals surface area contributed by atoms with Crippen LogP contribution in [-0.4, -0.2) is 33.5 Å². The lowest BCUT2D eigenvalue weighted by atomic mass is 10.2. The van der Waals surface area contributed by atoms with Crippen LogP contribution in [0, 0.1) is 5.82 Å². The molecule has 1 N–H and O–H groups in total. The Morgan fingerprint density at radius 2 is 1.72 bits per heavy atom. The maximum Gasteiger partial charge on any atom is 0.264 e. The van der Waals surface area contributed by atoms with Crippen molar-refractivity contribution in [3.63, 3.8) is 0 Å². The van der Waals surface area contributed by atoms with E-state index < -0.39 is 28.3 Å². The molecule has 2 aromatic carbocycles. The van der Waals surface area contributed by atoms with E-state index in [1.807, 2.05) is 20.8 Å². The molecule has 8 heteroatoms. The van der Waals surface area contributed by atoms with Crippen LogP contribution in [0.5, 0.6) is 5.75 Å². The molecular weight excluding hydrogens is 395 g/mol. The van der Waals surface area contributed by atoms with E-state index in [-0.39, 0.29) is 16.6 Å². The van der Waals surface area contributed by atoms with Gasteiger partial charge in [0.15, 0.2) is 0 Å². The number of benzene rings is 2. The number of carbonyl (C=O) groups excluding carboxylic acids is 1. The van der Waals surface area contributed by atoms with Gasteiger partial charge < -0.3 is 10.1 Å². The topological polar surface area (TPSA) is 75.7 Å². The Balaban J connectivity index is 2.35. The summed E-state index contributed by atoms with van der Waals surface area (Å²) >= 11 is 0. The second kappa shape index (κ2) is 10.2. The Bertz CT molecular complexity index is 899. The maximum atomic E-state index is 13.3. The van der Waals surface area contributed by atoms with Crippen LogP contribution in [0.1, 0.15) is 33.6 Å². The smallest absolute Gasteiger partial charge is 0.264 e. The first-order chi connectivity index (χ1) is 13.8. The lowest BCUT2D eigenvalue weighted by molar-refractivity contribution is -0.120. The van der Waals surface area contributed by atoms with Gasteiger partial charge in [0.25, 0.3) is 10.0 Å². The summed E-state index contributed by atoms with van der Waals surface area (Å²) in [6, 6.07) is 10.9. The lowest BCUT2D eigenvalue weighted by Crippen LogP contribution is -2.43. The van der Waals surface area contributed by atoms with Gasteiger partial charge in [0.1, 0.15) is 18.1 Å². The van der Waals surface area contributed by atoms with Gasteiger partial charge in [-0.15, -0.1) is 0 Å². The first kappa shape index (κ1) is 22.7. The minimum atomic E-state index is -4.05. The van der Waals surface area contributed by atoms with Crippen molar-refractivity contribution in [2.75, 3.05) is 17.5 Å². The van der Waals surface area contributed by atoms with Crippen LogP contribution in [0.25, 0.3) is 0 Å². The molecule has 1 atom stereocenters. The van der Waals surface area contributed by atoms with E-state index in [1.54, 1.807) is 12.1 Å². The molecule has 0 heterocycles. The summed E-state index contributed by atoms with van der Waals surface area (Å²) in [5.41, 5.74) is 0.207. The molecule has 0 saturated heterocycles. The zero-order valence-electron chi connectivity index (χ0n) is 16.9. The number of carbonyl (C=O) groups is 1. The summed E-state index contributed by atoms with van der Waals surface area (Å²) in [6.07, 6.45) is 1.68. The normalized spacial score (nSPS) is 12.3. The molecule has 29 heavy (non-hydrogen) atoms. The second-order valence-corrected chi connectivity index (χ2v) is 8.51. The van der Waals surface area contributed by atoms with Crippen molar-refractivity contribution < 1.29 is 22.3 Å². The van der Waals surface area contributed by atoms with Crippen LogP contribution in [-0.2, 0) is 14.8 Å². The third kappa shape index (κ3) is 6.19. The standard InChI is InChI=1S/C21H27FN2O4S/c1-4-6-16(3)23-21(25)15-24(18-9-7-17(22)8-10-18)29(26,27)20-13-11-19(12-14-20)28-5-2/h7-14,16H,4-6,15H2,1-3H3,(H,23,25)/t16-/m1/s1. The van der Waals surface area contributed by atoms with Crippen molar-refractivity contribution in [1.29, 1.82) is 0 Å². The summed E-state index contributed by atoms with van der Waals surface area (Å²) in [5, 5.41) is 2.80. The predicted molar refractivity (Wildman–Crippen MR) is 111 cm³/mol. The van der Waals surface area contributed by atoms with Gasteiger partial charge in [0.05, 0.1) is 17.2 Å². The quantitative estimate of drug-likeness (QED) is 0.633. The minimum absolute atomic E-state index is 0.0136. The summed E-state index contributed by atoms with van der Waals surface area (Å²) in [4.78, 5) is 12.5. The fourth-order valence-electron chi connectivity index (χ4n) is 2.88. The van der Waals surface area contributed by atoms with Crippen molar-refractivity contribution >= 4 is 21.6 Å². The zero-order chi connectivity index (χ0) is 21.4. The molecule has 0 fully saturated rings. The molecule has 0 saturated carbocycles. The van der Waals surface area contributed by atoms with E-state index in [0.717, 1.165) is 29.3 Å². The molecule has 0 radical (unpaired) electrons. The number of anilines is 1.